The lowest BCUT2D eigenvalue weighted by Crippen LogP contribution is -2.35. The summed E-state index contributed by atoms with van der Waals surface area (Å²) in [6.45, 7) is 4.36. The number of rotatable bonds is 6. The number of halogens is 1. The summed E-state index contributed by atoms with van der Waals surface area (Å²) in [5, 5.41) is 15.1. The molecule has 0 spiro atoms. The Kier molecular flexibility index (Phi) is 6.28. The number of carbonyl (C=O) groups excluding carboxylic acids is 1. The summed E-state index contributed by atoms with van der Waals surface area (Å²) >= 11 is 3.39. The van der Waals surface area contributed by atoms with Gasteiger partial charge in [-0.2, -0.15) is 4.80 Å². The first kappa shape index (κ1) is 19.7. The van der Waals surface area contributed by atoms with Crippen LogP contribution in [0.4, 0.5) is 5.69 Å². The molecule has 2 heterocycles. The number of aromatic nitrogens is 4. The molecule has 2 aromatic carbocycles. The van der Waals surface area contributed by atoms with Gasteiger partial charge in [-0.1, -0.05) is 28.1 Å². The zero-order valence-corrected chi connectivity index (χ0v) is 17.4. The van der Waals surface area contributed by atoms with Crippen LogP contribution in [-0.4, -0.2) is 57.3 Å². The SMILES string of the molecule is O=C(Cn1nnc(-c2ccc(Br)cc2)n1)Nc1ccc(CN2CCOCC2)cc1. The van der Waals surface area contributed by atoms with Gasteiger partial charge >= 0.3 is 0 Å². The Morgan fingerprint density at radius 1 is 1.07 bits per heavy atom. The van der Waals surface area contributed by atoms with Gasteiger partial charge in [0.05, 0.1) is 13.2 Å². The highest BCUT2D eigenvalue weighted by molar-refractivity contribution is 9.10. The number of hydrogen-bond acceptors (Lipinski definition) is 6. The molecule has 1 N–H and O–H groups in total. The maximum Gasteiger partial charge on any atom is 0.248 e. The van der Waals surface area contributed by atoms with Crippen molar-refractivity contribution in [2.45, 2.75) is 13.1 Å². The molecule has 0 radical (unpaired) electrons. The quantitative estimate of drug-likeness (QED) is 0.613. The van der Waals surface area contributed by atoms with Crippen LogP contribution in [0.1, 0.15) is 5.56 Å². The van der Waals surface area contributed by atoms with Gasteiger partial charge in [-0.05, 0) is 47.2 Å². The molecular weight excluding hydrogens is 436 g/mol. The largest absolute Gasteiger partial charge is 0.379 e. The summed E-state index contributed by atoms with van der Waals surface area (Å²) in [5.41, 5.74) is 2.80. The number of benzene rings is 2. The Bertz CT molecular complexity index is 952. The predicted octanol–water partition coefficient (Wildman–Crippen LogP) is 2.57. The molecule has 1 amide bonds. The van der Waals surface area contributed by atoms with Crippen molar-refractivity contribution in [2.75, 3.05) is 31.6 Å². The third-order valence-corrected chi connectivity index (χ3v) is 5.12. The summed E-state index contributed by atoms with van der Waals surface area (Å²) in [4.78, 5) is 16.0. The lowest BCUT2D eigenvalue weighted by molar-refractivity contribution is -0.117. The summed E-state index contributed by atoms with van der Waals surface area (Å²) in [6, 6.07) is 15.5. The van der Waals surface area contributed by atoms with E-state index in [1.165, 1.54) is 10.4 Å². The zero-order valence-electron chi connectivity index (χ0n) is 15.8. The van der Waals surface area contributed by atoms with Crippen LogP contribution in [0, 0.1) is 0 Å². The number of anilines is 1. The molecule has 0 saturated carbocycles. The van der Waals surface area contributed by atoms with Gasteiger partial charge in [-0.15, -0.1) is 10.2 Å². The summed E-state index contributed by atoms with van der Waals surface area (Å²) in [5.74, 6) is 0.281. The normalized spacial score (nSPS) is 14.7. The predicted molar refractivity (Wildman–Crippen MR) is 112 cm³/mol. The molecule has 0 unspecified atom stereocenters. The number of carbonyl (C=O) groups is 1. The number of nitrogens with one attached hydrogen (secondary N) is 1. The fourth-order valence-electron chi connectivity index (χ4n) is 3.06. The van der Waals surface area contributed by atoms with Crippen LogP contribution in [0.15, 0.2) is 53.0 Å². The van der Waals surface area contributed by atoms with Gasteiger partial charge in [0.15, 0.2) is 0 Å². The van der Waals surface area contributed by atoms with E-state index in [9.17, 15) is 4.79 Å². The van der Waals surface area contributed by atoms with E-state index in [4.69, 9.17) is 4.74 Å². The van der Waals surface area contributed by atoms with Crippen molar-refractivity contribution < 1.29 is 9.53 Å². The molecule has 1 aliphatic rings. The fourth-order valence-corrected chi connectivity index (χ4v) is 3.33. The van der Waals surface area contributed by atoms with E-state index in [2.05, 4.69) is 41.6 Å². The average molecular weight is 457 g/mol. The second-order valence-corrected chi connectivity index (χ2v) is 7.70. The second-order valence-electron chi connectivity index (χ2n) is 6.78. The van der Waals surface area contributed by atoms with E-state index >= 15 is 0 Å². The van der Waals surface area contributed by atoms with Gasteiger partial charge in [-0.3, -0.25) is 9.69 Å². The molecule has 3 aromatic rings. The van der Waals surface area contributed by atoms with Crippen molar-refractivity contribution in [2.24, 2.45) is 0 Å². The molecular formula is C20H21BrN6O2. The number of ether oxygens (including phenoxy) is 1. The van der Waals surface area contributed by atoms with Crippen LogP contribution >= 0.6 is 15.9 Å². The molecule has 0 aliphatic carbocycles. The smallest absolute Gasteiger partial charge is 0.248 e. The van der Waals surface area contributed by atoms with Crippen molar-refractivity contribution >= 4 is 27.5 Å². The lowest BCUT2D eigenvalue weighted by Gasteiger charge is -2.26. The molecule has 0 atom stereocenters. The van der Waals surface area contributed by atoms with Crippen LogP contribution in [0.3, 0.4) is 0 Å². The van der Waals surface area contributed by atoms with Crippen LogP contribution < -0.4 is 5.32 Å². The van der Waals surface area contributed by atoms with Crippen LogP contribution in [0.5, 0.6) is 0 Å². The van der Waals surface area contributed by atoms with E-state index in [1.54, 1.807) is 0 Å². The number of morpholine rings is 1. The second kappa shape index (κ2) is 9.25. The minimum atomic E-state index is -0.203. The molecule has 8 nitrogen and oxygen atoms in total. The average Bonchev–Trinajstić information content (AvgIpc) is 3.19. The molecule has 1 fully saturated rings. The van der Waals surface area contributed by atoms with Gasteiger partial charge in [-0.25, -0.2) is 0 Å². The first-order chi connectivity index (χ1) is 14.2. The number of hydrogen-bond donors (Lipinski definition) is 1. The number of nitrogens with zero attached hydrogens (tertiary/aromatic N) is 5. The molecule has 1 aromatic heterocycles. The van der Waals surface area contributed by atoms with Gasteiger partial charge in [0.25, 0.3) is 0 Å². The molecule has 1 aliphatic heterocycles. The molecule has 0 bridgehead atoms. The Labute approximate surface area is 177 Å². The maximum absolute atomic E-state index is 12.3. The highest BCUT2D eigenvalue weighted by Gasteiger charge is 2.12. The van der Waals surface area contributed by atoms with Crippen molar-refractivity contribution in [1.29, 1.82) is 0 Å². The van der Waals surface area contributed by atoms with Crippen molar-refractivity contribution in [3.8, 4) is 11.4 Å². The first-order valence-corrected chi connectivity index (χ1v) is 10.2. The van der Waals surface area contributed by atoms with E-state index in [0.29, 0.717) is 5.82 Å². The van der Waals surface area contributed by atoms with Crippen molar-refractivity contribution in [1.82, 2.24) is 25.1 Å². The minimum absolute atomic E-state index is 0.000935. The Hall–Kier alpha value is -2.62. The third-order valence-electron chi connectivity index (χ3n) is 4.59. The molecule has 150 valence electrons. The van der Waals surface area contributed by atoms with E-state index in [-0.39, 0.29) is 12.5 Å². The van der Waals surface area contributed by atoms with Crippen LogP contribution in [0.2, 0.25) is 0 Å². The Balaban J connectivity index is 1.31. The molecule has 1 saturated heterocycles. The first-order valence-electron chi connectivity index (χ1n) is 9.38. The van der Waals surface area contributed by atoms with Crippen LogP contribution in [0.25, 0.3) is 11.4 Å². The van der Waals surface area contributed by atoms with Gasteiger partial charge in [0.2, 0.25) is 11.7 Å². The highest BCUT2D eigenvalue weighted by atomic mass is 79.9. The number of tetrazole rings is 1. The summed E-state index contributed by atoms with van der Waals surface area (Å²) in [7, 11) is 0. The van der Waals surface area contributed by atoms with E-state index in [1.807, 2.05) is 48.5 Å². The van der Waals surface area contributed by atoms with Gasteiger partial charge in [0, 0.05) is 35.4 Å². The minimum Gasteiger partial charge on any atom is -0.379 e. The van der Waals surface area contributed by atoms with E-state index < -0.39 is 0 Å². The highest BCUT2D eigenvalue weighted by Crippen LogP contribution is 2.17. The van der Waals surface area contributed by atoms with Gasteiger partial charge < -0.3 is 10.1 Å². The zero-order chi connectivity index (χ0) is 20.1. The molecule has 9 heteroatoms. The number of amides is 1. The summed E-state index contributed by atoms with van der Waals surface area (Å²) < 4.78 is 6.35. The Morgan fingerprint density at radius 3 is 2.52 bits per heavy atom. The summed E-state index contributed by atoms with van der Waals surface area (Å²) in [6.07, 6.45) is 0. The van der Waals surface area contributed by atoms with E-state index in [0.717, 1.165) is 48.6 Å². The van der Waals surface area contributed by atoms with Crippen molar-refractivity contribution in [3.05, 3.63) is 58.6 Å². The van der Waals surface area contributed by atoms with Gasteiger partial charge in [0.1, 0.15) is 6.54 Å². The lowest BCUT2D eigenvalue weighted by atomic mass is 10.2. The van der Waals surface area contributed by atoms with Crippen molar-refractivity contribution in [3.63, 3.8) is 0 Å². The van der Waals surface area contributed by atoms with Crippen LogP contribution in [-0.2, 0) is 22.6 Å². The maximum atomic E-state index is 12.3. The Morgan fingerprint density at radius 2 is 1.79 bits per heavy atom. The monoisotopic (exact) mass is 456 g/mol. The topological polar surface area (TPSA) is 85.2 Å². The molecule has 29 heavy (non-hydrogen) atoms. The molecule has 4 rings (SSSR count). The standard InChI is InChI=1S/C20H21BrN6O2/c21-17-5-3-16(4-6-17)20-23-25-27(24-20)14-19(28)22-18-7-1-15(2-8-18)13-26-9-11-29-12-10-26/h1-8H,9-14H2,(H,22,28). The third kappa shape index (κ3) is 5.47. The fraction of sp³-hybridized carbons (Fsp3) is 0.300.